The van der Waals surface area contributed by atoms with Gasteiger partial charge in [0.25, 0.3) is 0 Å². The van der Waals surface area contributed by atoms with Gasteiger partial charge < -0.3 is 20.7 Å². The number of carbonyl (C=O) groups is 2. The number of imidazole rings is 1. The summed E-state index contributed by atoms with van der Waals surface area (Å²) in [6.45, 7) is 0.613. The van der Waals surface area contributed by atoms with E-state index in [1.165, 1.54) is 12.7 Å². The fraction of sp³-hybridized carbons (Fsp3) is 0.583. The third-order valence-corrected chi connectivity index (χ3v) is 3.36. The van der Waals surface area contributed by atoms with Crippen molar-refractivity contribution in [3.05, 3.63) is 18.2 Å². The van der Waals surface area contributed by atoms with Crippen molar-refractivity contribution in [3.8, 4) is 0 Å². The van der Waals surface area contributed by atoms with E-state index in [1.54, 1.807) is 6.20 Å². The molecule has 19 heavy (non-hydrogen) atoms. The molecule has 0 spiro atoms. The molecule has 1 atom stereocenters. The van der Waals surface area contributed by atoms with E-state index in [-0.39, 0.29) is 6.42 Å². The smallest absolute Gasteiger partial charge is 0.326 e. The summed E-state index contributed by atoms with van der Waals surface area (Å²) in [5, 5.41) is 14.3. The summed E-state index contributed by atoms with van der Waals surface area (Å²) in [5.41, 5.74) is 0.673. The molecule has 2 amide bonds. The minimum absolute atomic E-state index is 0.187. The zero-order chi connectivity index (χ0) is 13.7. The lowest BCUT2D eigenvalue weighted by Crippen LogP contribution is -2.48. The second-order valence-electron chi connectivity index (χ2n) is 4.82. The highest BCUT2D eigenvalue weighted by Gasteiger charge is 2.22. The molecule has 0 aromatic carbocycles. The van der Waals surface area contributed by atoms with Gasteiger partial charge in [0.1, 0.15) is 6.04 Å². The molecule has 104 valence electrons. The lowest BCUT2D eigenvalue weighted by atomic mass is 9.85. The van der Waals surface area contributed by atoms with Crippen molar-refractivity contribution in [1.29, 1.82) is 0 Å². The molecular formula is C12H18N4O3. The van der Waals surface area contributed by atoms with Gasteiger partial charge in [0.2, 0.25) is 0 Å². The van der Waals surface area contributed by atoms with Crippen LogP contribution in [-0.2, 0) is 11.2 Å². The van der Waals surface area contributed by atoms with Gasteiger partial charge in [-0.1, -0.05) is 6.42 Å². The Balaban J connectivity index is 1.78. The second kappa shape index (κ2) is 6.21. The number of H-pyrrole nitrogens is 1. The van der Waals surface area contributed by atoms with Crippen molar-refractivity contribution >= 4 is 12.0 Å². The molecule has 0 saturated heterocycles. The van der Waals surface area contributed by atoms with E-state index in [0.29, 0.717) is 18.2 Å². The highest BCUT2D eigenvalue weighted by atomic mass is 16.4. The van der Waals surface area contributed by atoms with Crippen LogP contribution in [0.5, 0.6) is 0 Å². The first kappa shape index (κ1) is 13.4. The van der Waals surface area contributed by atoms with Crippen LogP contribution in [0.3, 0.4) is 0 Å². The first-order chi connectivity index (χ1) is 9.15. The monoisotopic (exact) mass is 266 g/mol. The number of aromatic nitrogens is 2. The highest BCUT2D eigenvalue weighted by molar-refractivity contribution is 5.82. The van der Waals surface area contributed by atoms with Gasteiger partial charge in [-0.3, -0.25) is 0 Å². The first-order valence-corrected chi connectivity index (χ1v) is 6.39. The summed E-state index contributed by atoms with van der Waals surface area (Å²) in [5.74, 6) is -0.518. The zero-order valence-electron chi connectivity index (χ0n) is 10.6. The molecule has 0 bridgehead atoms. The summed E-state index contributed by atoms with van der Waals surface area (Å²) in [6, 6.07) is -1.39. The van der Waals surface area contributed by atoms with Gasteiger partial charge in [0.15, 0.2) is 0 Å². The number of rotatable bonds is 6. The number of hydrogen-bond acceptors (Lipinski definition) is 3. The quantitative estimate of drug-likeness (QED) is 0.601. The minimum Gasteiger partial charge on any atom is -0.480 e. The molecule has 0 radical (unpaired) electrons. The maximum atomic E-state index is 11.6. The Morgan fingerprint density at radius 3 is 2.84 bits per heavy atom. The summed E-state index contributed by atoms with van der Waals surface area (Å²) in [7, 11) is 0. The molecule has 0 aliphatic heterocycles. The number of urea groups is 1. The lowest BCUT2D eigenvalue weighted by Gasteiger charge is -2.25. The van der Waals surface area contributed by atoms with Gasteiger partial charge >= 0.3 is 12.0 Å². The summed E-state index contributed by atoms with van der Waals surface area (Å²) in [6.07, 6.45) is 6.69. The molecule has 1 saturated carbocycles. The van der Waals surface area contributed by atoms with Crippen LogP contribution in [0, 0.1) is 5.92 Å². The second-order valence-corrected chi connectivity index (χ2v) is 4.82. The number of nitrogens with zero attached hydrogens (tertiary/aromatic N) is 1. The Morgan fingerprint density at radius 1 is 1.53 bits per heavy atom. The number of carboxylic acid groups (broad SMARTS) is 1. The van der Waals surface area contributed by atoms with Gasteiger partial charge in [-0.15, -0.1) is 0 Å². The number of nitrogens with one attached hydrogen (secondary N) is 3. The topological polar surface area (TPSA) is 107 Å². The van der Waals surface area contributed by atoms with Crippen molar-refractivity contribution in [2.45, 2.75) is 31.7 Å². The van der Waals surface area contributed by atoms with Crippen LogP contribution < -0.4 is 10.6 Å². The van der Waals surface area contributed by atoms with Gasteiger partial charge in [-0.2, -0.15) is 0 Å². The predicted octanol–water partition coefficient (Wildman–Crippen LogP) is 0.505. The SMILES string of the molecule is O=C(NCC1CCC1)N[C@H](Cc1cnc[nH]1)C(=O)O. The zero-order valence-corrected chi connectivity index (χ0v) is 10.6. The molecule has 7 nitrogen and oxygen atoms in total. The van der Waals surface area contributed by atoms with Crippen LogP contribution in [0.15, 0.2) is 12.5 Å². The Hall–Kier alpha value is -2.05. The Labute approximate surface area is 110 Å². The number of carboxylic acids is 1. The lowest BCUT2D eigenvalue weighted by molar-refractivity contribution is -0.139. The number of aliphatic carboxylic acids is 1. The number of carbonyl (C=O) groups excluding carboxylic acids is 1. The molecule has 1 fully saturated rings. The van der Waals surface area contributed by atoms with Crippen LogP contribution in [0.4, 0.5) is 4.79 Å². The van der Waals surface area contributed by atoms with Crippen LogP contribution in [0.25, 0.3) is 0 Å². The molecule has 1 aromatic rings. The third-order valence-electron chi connectivity index (χ3n) is 3.36. The highest BCUT2D eigenvalue weighted by Crippen LogP contribution is 2.24. The van der Waals surface area contributed by atoms with Gasteiger partial charge in [-0.25, -0.2) is 14.6 Å². The van der Waals surface area contributed by atoms with Crippen molar-refractivity contribution < 1.29 is 14.7 Å². The van der Waals surface area contributed by atoms with Gasteiger partial charge in [-0.05, 0) is 18.8 Å². The molecule has 4 N–H and O–H groups in total. The third kappa shape index (κ3) is 3.97. The average Bonchev–Trinajstić information content (AvgIpc) is 2.78. The summed E-state index contributed by atoms with van der Waals surface area (Å²) in [4.78, 5) is 29.3. The van der Waals surface area contributed by atoms with E-state index in [9.17, 15) is 9.59 Å². The van der Waals surface area contributed by atoms with Crippen LogP contribution in [0.1, 0.15) is 25.0 Å². The molecule has 7 heteroatoms. The van der Waals surface area contributed by atoms with E-state index in [4.69, 9.17) is 5.11 Å². The maximum absolute atomic E-state index is 11.6. The largest absolute Gasteiger partial charge is 0.480 e. The maximum Gasteiger partial charge on any atom is 0.326 e. The minimum atomic E-state index is -1.06. The van der Waals surface area contributed by atoms with Gasteiger partial charge in [0, 0.05) is 24.9 Å². The van der Waals surface area contributed by atoms with E-state index in [0.717, 1.165) is 12.8 Å². The number of hydrogen-bond donors (Lipinski definition) is 4. The van der Waals surface area contributed by atoms with Crippen molar-refractivity contribution in [1.82, 2.24) is 20.6 Å². The van der Waals surface area contributed by atoms with E-state index >= 15 is 0 Å². The van der Waals surface area contributed by atoms with E-state index < -0.39 is 18.0 Å². The normalized spacial score (nSPS) is 16.4. The molecule has 1 aromatic heterocycles. The molecular weight excluding hydrogens is 248 g/mol. The van der Waals surface area contributed by atoms with Crippen LogP contribution in [0.2, 0.25) is 0 Å². The molecule has 2 rings (SSSR count). The van der Waals surface area contributed by atoms with E-state index in [2.05, 4.69) is 20.6 Å². The average molecular weight is 266 g/mol. The Kier molecular flexibility index (Phi) is 4.38. The predicted molar refractivity (Wildman–Crippen MR) is 67.6 cm³/mol. The van der Waals surface area contributed by atoms with Crippen LogP contribution >= 0.6 is 0 Å². The number of amides is 2. The molecule has 0 unspecified atom stereocenters. The van der Waals surface area contributed by atoms with Crippen molar-refractivity contribution in [3.63, 3.8) is 0 Å². The standard InChI is InChI=1S/C12H18N4O3/c17-11(18)10(4-9-6-13-7-15-9)16-12(19)14-5-8-2-1-3-8/h6-8,10H,1-5H2,(H,13,15)(H,17,18)(H2,14,16,19)/t10-/m1/s1. The van der Waals surface area contributed by atoms with Crippen LogP contribution in [-0.4, -0.2) is 39.7 Å². The van der Waals surface area contributed by atoms with E-state index in [1.807, 2.05) is 0 Å². The fourth-order valence-electron chi connectivity index (χ4n) is 1.96. The summed E-state index contributed by atoms with van der Waals surface area (Å²) < 4.78 is 0. The molecule has 1 aliphatic carbocycles. The molecule has 1 heterocycles. The first-order valence-electron chi connectivity index (χ1n) is 6.39. The Morgan fingerprint density at radius 2 is 2.32 bits per heavy atom. The van der Waals surface area contributed by atoms with Gasteiger partial charge in [0.05, 0.1) is 6.33 Å². The molecule has 1 aliphatic rings. The Bertz CT molecular complexity index is 428. The van der Waals surface area contributed by atoms with Crippen molar-refractivity contribution in [2.75, 3.05) is 6.54 Å². The van der Waals surface area contributed by atoms with Crippen molar-refractivity contribution in [2.24, 2.45) is 5.92 Å². The summed E-state index contributed by atoms with van der Waals surface area (Å²) >= 11 is 0. The number of aromatic amines is 1. The fourth-order valence-corrected chi connectivity index (χ4v) is 1.96.